The van der Waals surface area contributed by atoms with Crippen molar-refractivity contribution >= 4 is 34.3 Å². The molecule has 0 radical (unpaired) electrons. The number of H-pyrrole nitrogens is 1. The predicted octanol–water partition coefficient (Wildman–Crippen LogP) is 1.49. The number of hydrogen-bond donors (Lipinski definition) is 3. The summed E-state index contributed by atoms with van der Waals surface area (Å²) in [4.78, 5) is 28.1. The molecule has 0 bridgehead atoms. The van der Waals surface area contributed by atoms with Crippen LogP contribution < -0.4 is 10.6 Å². The van der Waals surface area contributed by atoms with Gasteiger partial charge in [0.1, 0.15) is 6.54 Å². The molecule has 0 aliphatic rings. The van der Waals surface area contributed by atoms with Gasteiger partial charge in [-0.15, -0.1) is 5.10 Å². The van der Waals surface area contributed by atoms with Gasteiger partial charge in [0.15, 0.2) is 5.82 Å². The Labute approximate surface area is 137 Å². The number of benzene rings is 1. The lowest BCUT2D eigenvalue weighted by atomic mass is 10.2. The molecule has 0 aliphatic carbocycles. The second kappa shape index (κ2) is 6.41. The molecule has 0 aliphatic heterocycles. The van der Waals surface area contributed by atoms with E-state index in [-0.39, 0.29) is 24.3 Å². The number of nitrogens with one attached hydrogen (secondary N) is 3. The Morgan fingerprint density at radius 2 is 2.08 bits per heavy atom. The molecule has 9 heteroatoms. The van der Waals surface area contributed by atoms with Crippen LogP contribution in [-0.2, 0) is 11.3 Å². The molecule has 0 saturated carbocycles. The van der Waals surface area contributed by atoms with Crippen molar-refractivity contribution in [2.75, 3.05) is 24.7 Å². The van der Waals surface area contributed by atoms with Crippen LogP contribution in [0.25, 0.3) is 10.9 Å². The summed E-state index contributed by atoms with van der Waals surface area (Å²) < 4.78 is 1.36. The van der Waals surface area contributed by atoms with Crippen molar-refractivity contribution in [1.29, 1.82) is 0 Å². The highest BCUT2D eigenvalue weighted by atomic mass is 16.2. The van der Waals surface area contributed by atoms with Crippen molar-refractivity contribution < 1.29 is 9.59 Å². The lowest BCUT2D eigenvalue weighted by Gasteiger charge is -2.09. The van der Waals surface area contributed by atoms with Crippen LogP contribution in [0.4, 0.5) is 16.3 Å². The monoisotopic (exact) mass is 327 g/mol. The number of rotatable bonds is 4. The molecule has 2 heterocycles. The summed E-state index contributed by atoms with van der Waals surface area (Å²) in [5, 5.41) is 14.0. The Morgan fingerprint density at radius 3 is 2.88 bits per heavy atom. The van der Waals surface area contributed by atoms with Crippen LogP contribution in [0.3, 0.4) is 0 Å². The zero-order valence-electron chi connectivity index (χ0n) is 13.3. The minimum atomic E-state index is -0.314. The predicted molar refractivity (Wildman–Crippen MR) is 89.7 cm³/mol. The first-order valence-electron chi connectivity index (χ1n) is 7.27. The topological polar surface area (TPSA) is 108 Å². The van der Waals surface area contributed by atoms with Gasteiger partial charge in [0, 0.05) is 36.9 Å². The minimum absolute atomic E-state index is 0.00396. The number of carbonyl (C=O) groups is 2. The minimum Gasteiger partial charge on any atom is -0.361 e. The number of urea groups is 1. The van der Waals surface area contributed by atoms with Crippen molar-refractivity contribution in [3.63, 3.8) is 0 Å². The normalized spacial score (nSPS) is 10.6. The van der Waals surface area contributed by atoms with Crippen molar-refractivity contribution in [3.05, 3.63) is 36.7 Å². The van der Waals surface area contributed by atoms with Gasteiger partial charge in [-0.25, -0.2) is 9.48 Å². The van der Waals surface area contributed by atoms with Gasteiger partial charge in [0.2, 0.25) is 5.91 Å². The Hall–Kier alpha value is -3.36. The molecule has 24 heavy (non-hydrogen) atoms. The molecule has 3 amide bonds. The summed E-state index contributed by atoms with van der Waals surface area (Å²) in [6.07, 6.45) is 3.34. The maximum atomic E-state index is 12.1. The molecule has 3 rings (SSSR count). The van der Waals surface area contributed by atoms with Gasteiger partial charge >= 0.3 is 6.03 Å². The molecule has 0 fully saturated rings. The van der Waals surface area contributed by atoms with Crippen LogP contribution in [0.2, 0.25) is 0 Å². The summed E-state index contributed by atoms with van der Waals surface area (Å²) in [6.45, 7) is -0.00396. The number of nitrogens with zero attached hydrogens (tertiary/aromatic N) is 4. The molecule has 0 saturated heterocycles. The third-order valence-corrected chi connectivity index (χ3v) is 3.32. The van der Waals surface area contributed by atoms with Crippen molar-refractivity contribution in [2.45, 2.75) is 6.54 Å². The first-order valence-corrected chi connectivity index (χ1v) is 7.27. The number of aromatic nitrogens is 4. The summed E-state index contributed by atoms with van der Waals surface area (Å²) in [6, 6.07) is 7.22. The second-order valence-electron chi connectivity index (χ2n) is 5.45. The van der Waals surface area contributed by atoms with Gasteiger partial charge < -0.3 is 15.2 Å². The number of hydrogen-bond acceptors (Lipinski definition) is 4. The van der Waals surface area contributed by atoms with Crippen LogP contribution in [0, 0.1) is 0 Å². The van der Waals surface area contributed by atoms with Crippen LogP contribution in [0.5, 0.6) is 0 Å². The SMILES string of the molecule is CN(C)C(=O)Nc1cn(CC(=O)Nc2ccc3[nH]ccc3c2)nn1. The van der Waals surface area contributed by atoms with Crippen LogP contribution in [-0.4, -0.2) is 50.9 Å². The molecule has 0 atom stereocenters. The van der Waals surface area contributed by atoms with E-state index in [1.807, 2.05) is 30.5 Å². The van der Waals surface area contributed by atoms with Gasteiger partial charge in [-0.05, 0) is 24.3 Å². The number of anilines is 2. The molecule has 124 valence electrons. The first kappa shape index (κ1) is 15.5. The van der Waals surface area contributed by atoms with E-state index in [0.717, 1.165) is 10.9 Å². The van der Waals surface area contributed by atoms with Gasteiger partial charge in [-0.2, -0.15) is 0 Å². The van der Waals surface area contributed by atoms with Crippen molar-refractivity contribution in [3.8, 4) is 0 Å². The summed E-state index contributed by atoms with van der Waals surface area (Å²) >= 11 is 0. The average molecular weight is 327 g/mol. The van der Waals surface area contributed by atoms with E-state index in [1.165, 1.54) is 15.8 Å². The first-order chi connectivity index (χ1) is 11.5. The van der Waals surface area contributed by atoms with Crippen molar-refractivity contribution in [2.24, 2.45) is 0 Å². The van der Waals surface area contributed by atoms with E-state index in [0.29, 0.717) is 5.69 Å². The molecular formula is C15H17N7O2. The number of fused-ring (bicyclic) bond motifs is 1. The fourth-order valence-electron chi connectivity index (χ4n) is 2.13. The van der Waals surface area contributed by atoms with E-state index in [2.05, 4.69) is 25.9 Å². The van der Waals surface area contributed by atoms with Crippen molar-refractivity contribution in [1.82, 2.24) is 24.9 Å². The zero-order chi connectivity index (χ0) is 17.1. The Balaban J connectivity index is 1.60. The van der Waals surface area contributed by atoms with Gasteiger partial charge in [-0.3, -0.25) is 10.1 Å². The van der Waals surface area contributed by atoms with Crippen LogP contribution >= 0.6 is 0 Å². The quantitative estimate of drug-likeness (QED) is 0.674. The van der Waals surface area contributed by atoms with Crippen LogP contribution in [0.1, 0.15) is 0 Å². The molecule has 1 aromatic carbocycles. The lowest BCUT2D eigenvalue weighted by molar-refractivity contribution is -0.116. The molecule has 9 nitrogen and oxygen atoms in total. The van der Waals surface area contributed by atoms with Gasteiger partial charge in [-0.1, -0.05) is 5.21 Å². The number of aromatic amines is 1. The molecule has 3 aromatic rings. The maximum Gasteiger partial charge on any atom is 0.322 e. The molecule has 2 aromatic heterocycles. The van der Waals surface area contributed by atoms with E-state index in [1.54, 1.807) is 14.1 Å². The highest BCUT2D eigenvalue weighted by molar-refractivity contribution is 5.93. The Bertz CT molecular complexity index is 881. The standard InChI is InChI=1S/C15H17N7O2/c1-21(2)15(24)18-13-8-22(20-19-13)9-14(23)17-11-3-4-12-10(7-11)5-6-16-12/h3-8,16H,9H2,1-2H3,(H,17,23)(H,18,24). The fourth-order valence-corrected chi connectivity index (χ4v) is 2.13. The molecule has 0 spiro atoms. The lowest BCUT2D eigenvalue weighted by Crippen LogP contribution is -2.27. The Kier molecular flexibility index (Phi) is 4.15. The molecule has 3 N–H and O–H groups in total. The van der Waals surface area contributed by atoms with Gasteiger partial charge in [0.05, 0.1) is 6.20 Å². The maximum absolute atomic E-state index is 12.1. The van der Waals surface area contributed by atoms with E-state index in [4.69, 9.17) is 0 Å². The van der Waals surface area contributed by atoms with Crippen LogP contribution in [0.15, 0.2) is 36.7 Å². The third kappa shape index (κ3) is 3.51. The highest BCUT2D eigenvalue weighted by Crippen LogP contribution is 2.17. The van der Waals surface area contributed by atoms with Gasteiger partial charge in [0.25, 0.3) is 0 Å². The summed E-state index contributed by atoms with van der Waals surface area (Å²) in [5.41, 5.74) is 1.71. The van der Waals surface area contributed by atoms with E-state index < -0.39 is 0 Å². The number of carbonyl (C=O) groups excluding carboxylic acids is 2. The number of amides is 3. The third-order valence-electron chi connectivity index (χ3n) is 3.32. The average Bonchev–Trinajstić information content (AvgIpc) is 3.15. The summed E-state index contributed by atoms with van der Waals surface area (Å²) in [7, 11) is 3.24. The zero-order valence-corrected chi connectivity index (χ0v) is 13.3. The fraction of sp³-hybridized carbons (Fsp3) is 0.200. The highest BCUT2D eigenvalue weighted by Gasteiger charge is 2.10. The largest absolute Gasteiger partial charge is 0.361 e. The van der Waals surface area contributed by atoms with E-state index >= 15 is 0 Å². The summed E-state index contributed by atoms with van der Waals surface area (Å²) in [5.74, 6) is 0.0514. The Morgan fingerprint density at radius 1 is 1.25 bits per heavy atom. The second-order valence-corrected chi connectivity index (χ2v) is 5.45. The molecule has 0 unspecified atom stereocenters. The molecular weight excluding hydrogens is 310 g/mol. The smallest absolute Gasteiger partial charge is 0.322 e. The van der Waals surface area contributed by atoms with E-state index in [9.17, 15) is 9.59 Å².